The first-order chi connectivity index (χ1) is 7.97. The van der Waals surface area contributed by atoms with Gasteiger partial charge < -0.3 is 14.2 Å². The number of carbonyl (C=O) groups is 1. The molecule has 0 bridgehead atoms. The Morgan fingerprint density at radius 2 is 1.59 bits per heavy atom. The van der Waals surface area contributed by atoms with Crippen LogP contribution in [0.3, 0.4) is 0 Å². The number of hydrogen-bond donors (Lipinski definition) is 0. The maximum atomic E-state index is 11.2. The Labute approximate surface area is 105 Å². The van der Waals surface area contributed by atoms with Crippen molar-refractivity contribution in [3.8, 4) is 0 Å². The van der Waals surface area contributed by atoms with Crippen LogP contribution < -0.4 is 0 Å². The monoisotopic (exact) mass is 246 g/mol. The van der Waals surface area contributed by atoms with Gasteiger partial charge >= 0.3 is 5.97 Å². The van der Waals surface area contributed by atoms with Crippen LogP contribution in [0.15, 0.2) is 0 Å². The van der Waals surface area contributed by atoms with Crippen LogP contribution in [0.5, 0.6) is 0 Å². The summed E-state index contributed by atoms with van der Waals surface area (Å²) in [4.78, 5) is 11.2. The fraction of sp³-hybridized carbons (Fsp3) is 0.923. The van der Waals surface area contributed by atoms with E-state index in [1.54, 1.807) is 0 Å². The Kier molecular flexibility index (Phi) is 9.09. The third kappa shape index (κ3) is 9.12. The lowest BCUT2D eigenvalue weighted by Gasteiger charge is -2.18. The third-order valence-electron chi connectivity index (χ3n) is 2.15. The van der Waals surface area contributed by atoms with Crippen molar-refractivity contribution in [2.24, 2.45) is 5.92 Å². The highest BCUT2D eigenvalue weighted by molar-refractivity contribution is 5.71. The first-order valence-corrected chi connectivity index (χ1v) is 6.37. The molecule has 0 aromatic rings. The minimum Gasteiger partial charge on any atom is -0.463 e. The lowest BCUT2D eigenvalue weighted by Crippen LogP contribution is -2.25. The number of hydrogen-bond acceptors (Lipinski definition) is 4. The van der Waals surface area contributed by atoms with Gasteiger partial charge in [-0.3, -0.25) is 4.79 Å². The van der Waals surface area contributed by atoms with Crippen LogP contribution in [-0.2, 0) is 19.0 Å². The molecule has 0 aliphatic carbocycles. The van der Waals surface area contributed by atoms with Gasteiger partial charge in [0.15, 0.2) is 0 Å². The molecule has 0 saturated carbocycles. The molecule has 2 atom stereocenters. The van der Waals surface area contributed by atoms with E-state index in [1.807, 2.05) is 27.7 Å². The molecular formula is C13H26O4. The van der Waals surface area contributed by atoms with E-state index in [9.17, 15) is 4.79 Å². The van der Waals surface area contributed by atoms with Crippen molar-refractivity contribution >= 4 is 5.97 Å². The van der Waals surface area contributed by atoms with Gasteiger partial charge in [-0.1, -0.05) is 20.8 Å². The normalized spacial score (nSPS) is 14.7. The van der Waals surface area contributed by atoms with Crippen LogP contribution in [-0.4, -0.2) is 38.0 Å². The van der Waals surface area contributed by atoms with Gasteiger partial charge in [-0.15, -0.1) is 0 Å². The predicted octanol–water partition coefficient (Wildman–Crippen LogP) is 2.41. The molecule has 0 radical (unpaired) electrons. The summed E-state index contributed by atoms with van der Waals surface area (Å²) in [6, 6.07) is 0. The number of ether oxygens (including phenoxy) is 3. The molecule has 4 nitrogen and oxygen atoms in total. The van der Waals surface area contributed by atoms with Crippen molar-refractivity contribution in [1.29, 1.82) is 0 Å². The van der Waals surface area contributed by atoms with Crippen molar-refractivity contribution in [3.05, 3.63) is 0 Å². The summed E-state index contributed by atoms with van der Waals surface area (Å²) in [6.07, 6.45) is 0.995. The molecule has 0 amide bonds. The number of carbonyl (C=O) groups excluding carboxylic acids is 1. The summed E-state index contributed by atoms with van der Waals surface area (Å²) in [6.45, 7) is 11.1. The predicted molar refractivity (Wildman–Crippen MR) is 66.9 cm³/mol. The summed E-state index contributed by atoms with van der Waals surface area (Å²) in [7, 11) is 0. The van der Waals surface area contributed by atoms with Gasteiger partial charge in [0.25, 0.3) is 0 Å². The lowest BCUT2D eigenvalue weighted by molar-refractivity contribution is -0.152. The average Bonchev–Trinajstić information content (AvgIpc) is 2.30. The second-order valence-electron chi connectivity index (χ2n) is 4.61. The van der Waals surface area contributed by atoms with Crippen molar-refractivity contribution in [2.45, 2.75) is 53.2 Å². The molecule has 2 unspecified atom stereocenters. The zero-order valence-corrected chi connectivity index (χ0v) is 11.7. The van der Waals surface area contributed by atoms with Crippen molar-refractivity contribution < 1.29 is 19.0 Å². The first kappa shape index (κ1) is 16.4. The molecular weight excluding hydrogens is 220 g/mol. The molecule has 4 heteroatoms. The molecule has 0 heterocycles. The number of rotatable bonds is 9. The third-order valence-corrected chi connectivity index (χ3v) is 2.15. The van der Waals surface area contributed by atoms with Gasteiger partial charge in [0.05, 0.1) is 24.7 Å². The summed E-state index contributed by atoms with van der Waals surface area (Å²) in [5.74, 6) is -0.273. The second-order valence-corrected chi connectivity index (χ2v) is 4.61. The number of esters is 1. The summed E-state index contributed by atoms with van der Waals surface area (Å²) >= 11 is 0. The second kappa shape index (κ2) is 9.42. The van der Waals surface area contributed by atoms with Gasteiger partial charge in [-0.2, -0.15) is 0 Å². The molecule has 0 N–H and O–H groups in total. The van der Waals surface area contributed by atoms with E-state index in [-0.39, 0.29) is 24.1 Å². The molecule has 0 fully saturated rings. The Balaban J connectivity index is 3.58. The Morgan fingerprint density at radius 3 is 2.12 bits per heavy atom. The zero-order chi connectivity index (χ0) is 13.3. The molecule has 0 rings (SSSR count). The first-order valence-electron chi connectivity index (χ1n) is 6.37. The van der Waals surface area contributed by atoms with Crippen LogP contribution in [0.1, 0.15) is 41.0 Å². The Hall–Kier alpha value is -0.610. The van der Waals surface area contributed by atoms with E-state index in [2.05, 4.69) is 6.92 Å². The van der Waals surface area contributed by atoms with E-state index in [0.29, 0.717) is 13.2 Å². The molecule has 102 valence electrons. The summed E-state index contributed by atoms with van der Waals surface area (Å²) in [5, 5.41) is 0. The van der Waals surface area contributed by atoms with Crippen LogP contribution in [0.2, 0.25) is 0 Å². The maximum Gasteiger partial charge on any atom is 0.308 e. The van der Waals surface area contributed by atoms with Crippen molar-refractivity contribution in [1.82, 2.24) is 0 Å². The van der Waals surface area contributed by atoms with Crippen LogP contribution in [0, 0.1) is 5.92 Å². The smallest absolute Gasteiger partial charge is 0.308 e. The highest BCUT2D eigenvalue weighted by Gasteiger charge is 2.12. The van der Waals surface area contributed by atoms with Crippen molar-refractivity contribution in [3.63, 3.8) is 0 Å². The maximum absolute atomic E-state index is 11.2. The van der Waals surface area contributed by atoms with Crippen LogP contribution in [0.4, 0.5) is 0 Å². The van der Waals surface area contributed by atoms with E-state index in [1.165, 1.54) is 0 Å². The molecule has 0 aromatic carbocycles. The van der Waals surface area contributed by atoms with E-state index in [0.717, 1.165) is 13.0 Å². The van der Waals surface area contributed by atoms with Crippen LogP contribution in [0.25, 0.3) is 0 Å². The van der Waals surface area contributed by atoms with Gasteiger partial charge in [-0.25, -0.2) is 0 Å². The lowest BCUT2D eigenvalue weighted by atomic mass is 10.2. The van der Waals surface area contributed by atoms with Gasteiger partial charge in [0.1, 0.15) is 6.61 Å². The van der Waals surface area contributed by atoms with E-state index in [4.69, 9.17) is 14.2 Å². The van der Waals surface area contributed by atoms with E-state index < -0.39 is 0 Å². The minimum absolute atomic E-state index is 0.0817. The molecule has 0 saturated heterocycles. The van der Waals surface area contributed by atoms with Gasteiger partial charge in [-0.05, 0) is 20.3 Å². The minimum atomic E-state index is -0.185. The molecule has 0 aromatic heterocycles. The molecule has 0 aliphatic heterocycles. The van der Waals surface area contributed by atoms with Crippen LogP contribution >= 0.6 is 0 Å². The molecule has 0 aliphatic rings. The fourth-order valence-corrected chi connectivity index (χ4v) is 1.08. The van der Waals surface area contributed by atoms with Gasteiger partial charge in [0.2, 0.25) is 0 Å². The van der Waals surface area contributed by atoms with Gasteiger partial charge in [0, 0.05) is 6.61 Å². The zero-order valence-electron chi connectivity index (χ0n) is 11.7. The highest BCUT2D eigenvalue weighted by Crippen LogP contribution is 2.01. The molecule has 17 heavy (non-hydrogen) atoms. The molecule has 0 spiro atoms. The average molecular weight is 246 g/mol. The van der Waals surface area contributed by atoms with Crippen molar-refractivity contribution in [2.75, 3.05) is 19.8 Å². The Bertz CT molecular complexity index is 204. The summed E-state index contributed by atoms with van der Waals surface area (Å²) in [5.41, 5.74) is 0. The summed E-state index contributed by atoms with van der Waals surface area (Å²) < 4.78 is 16.1. The Morgan fingerprint density at radius 1 is 1.00 bits per heavy atom. The van der Waals surface area contributed by atoms with E-state index >= 15 is 0 Å². The quantitative estimate of drug-likeness (QED) is 0.586. The standard InChI is InChI=1S/C13H26O4/c1-6-7-15-11(4)8-16-12(5)9-17-13(14)10(2)3/h10-12H,6-9H2,1-5H3. The largest absolute Gasteiger partial charge is 0.463 e. The topological polar surface area (TPSA) is 44.8 Å². The fourth-order valence-electron chi connectivity index (χ4n) is 1.08. The SMILES string of the molecule is CCCOC(C)COC(C)COC(=O)C(C)C. The highest BCUT2D eigenvalue weighted by atomic mass is 16.6.